The molecule has 0 amide bonds. The van der Waals surface area contributed by atoms with Crippen molar-refractivity contribution >= 4 is 11.3 Å². The van der Waals surface area contributed by atoms with Crippen LogP contribution in [0.15, 0.2) is 34.7 Å². The van der Waals surface area contributed by atoms with Crippen LogP contribution in [0.5, 0.6) is 0 Å². The van der Waals surface area contributed by atoms with Crippen LogP contribution in [0.2, 0.25) is 0 Å². The Kier molecular flexibility index (Phi) is 4.63. The molecule has 0 spiro atoms. The highest BCUT2D eigenvalue weighted by Gasteiger charge is 2.12. The molecule has 0 radical (unpaired) electrons. The molecule has 0 fully saturated rings. The van der Waals surface area contributed by atoms with E-state index in [1.54, 1.807) is 17.4 Å². The van der Waals surface area contributed by atoms with E-state index in [0.29, 0.717) is 31.3 Å². The first kappa shape index (κ1) is 12.9. The first-order chi connectivity index (χ1) is 8.83. The van der Waals surface area contributed by atoms with Gasteiger partial charge in [-0.1, -0.05) is 17.3 Å². The van der Waals surface area contributed by atoms with Crippen molar-refractivity contribution in [3.63, 3.8) is 0 Å². The van der Waals surface area contributed by atoms with E-state index in [0.717, 1.165) is 4.88 Å². The van der Waals surface area contributed by atoms with Crippen molar-refractivity contribution in [2.75, 3.05) is 19.7 Å². The van der Waals surface area contributed by atoms with Crippen LogP contribution in [0.4, 0.5) is 0 Å². The number of rotatable bonds is 7. The smallest absolute Gasteiger partial charge is 0.268 e. The number of aliphatic hydroxyl groups excluding tert-OH is 1. The molecule has 5 nitrogen and oxygen atoms in total. The molecule has 0 aromatic carbocycles. The molecule has 2 aromatic rings. The summed E-state index contributed by atoms with van der Waals surface area (Å²) in [7, 11) is 0. The quantitative estimate of drug-likeness (QED) is 0.773. The van der Waals surface area contributed by atoms with E-state index in [9.17, 15) is 0 Å². The summed E-state index contributed by atoms with van der Waals surface area (Å²) in [5, 5.41) is 14.9. The number of nitrogens with zero attached hydrogens (tertiary/aromatic N) is 3. The molecule has 1 N–H and O–H groups in total. The molecule has 96 valence electrons. The summed E-state index contributed by atoms with van der Waals surface area (Å²) in [5.74, 6) is 1.16. The molecule has 0 aliphatic heterocycles. The van der Waals surface area contributed by atoms with E-state index in [4.69, 9.17) is 9.63 Å². The van der Waals surface area contributed by atoms with Gasteiger partial charge in [0.25, 0.3) is 5.89 Å². The monoisotopic (exact) mass is 265 g/mol. The Bertz CT molecular complexity index is 481. The van der Waals surface area contributed by atoms with Gasteiger partial charge in [-0.2, -0.15) is 4.98 Å². The van der Waals surface area contributed by atoms with Gasteiger partial charge < -0.3 is 9.63 Å². The maximum Gasteiger partial charge on any atom is 0.268 e. The van der Waals surface area contributed by atoms with Gasteiger partial charge in [0.1, 0.15) is 0 Å². The van der Waals surface area contributed by atoms with Crippen molar-refractivity contribution in [1.82, 2.24) is 15.0 Å². The Morgan fingerprint density at radius 3 is 3.11 bits per heavy atom. The highest BCUT2D eigenvalue weighted by Crippen LogP contribution is 2.22. The predicted octanol–water partition coefficient (Wildman–Crippen LogP) is 1.78. The number of aliphatic hydroxyl groups is 1. The molecule has 2 rings (SSSR count). The lowest BCUT2D eigenvalue weighted by molar-refractivity contribution is 0.199. The van der Waals surface area contributed by atoms with E-state index >= 15 is 0 Å². The topological polar surface area (TPSA) is 62.4 Å². The van der Waals surface area contributed by atoms with Crippen molar-refractivity contribution in [2.24, 2.45) is 0 Å². The first-order valence-corrected chi connectivity index (χ1v) is 6.52. The molecule has 18 heavy (non-hydrogen) atoms. The van der Waals surface area contributed by atoms with Gasteiger partial charge in [-0.15, -0.1) is 17.9 Å². The Morgan fingerprint density at radius 1 is 1.56 bits per heavy atom. The number of aromatic nitrogens is 2. The standard InChI is InChI=1S/C12H15N3O2S/c1-2-5-15(6-7-16)9-11-13-12(17-14-11)10-4-3-8-18-10/h2-4,8,16H,1,5-7,9H2. The molecule has 0 atom stereocenters. The van der Waals surface area contributed by atoms with Crippen LogP contribution in [0, 0.1) is 0 Å². The first-order valence-electron chi connectivity index (χ1n) is 5.64. The fraction of sp³-hybridized carbons (Fsp3) is 0.333. The molecule has 6 heteroatoms. The van der Waals surface area contributed by atoms with Crippen LogP contribution in [0.25, 0.3) is 10.8 Å². The lowest BCUT2D eigenvalue weighted by atomic mass is 10.4. The van der Waals surface area contributed by atoms with Crippen LogP contribution < -0.4 is 0 Å². The van der Waals surface area contributed by atoms with Crippen LogP contribution in [-0.2, 0) is 6.54 Å². The van der Waals surface area contributed by atoms with Gasteiger partial charge in [-0.25, -0.2) is 0 Å². The number of hydrogen-bond donors (Lipinski definition) is 1. The minimum absolute atomic E-state index is 0.101. The molecule has 0 saturated heterocycles. The zero-order chi connectivity index (χ0) is 12.8. The summed E-state index contributed by atoms with van der Waals surface area (Å²) >= 11 is 1.56. The van der Waals surface area contributed by atoms with E-state index in [2.05, 4.69) is 16.7 Å². The van der Waals surface area contributed by atoms with Crippen molar-refractivity contribution in [3.05, 3.63) is 36.0 Å². The number of thiophene rings is 1. The SMILES string of the molecule is C=CCN(CCO)Cc1noc(-c2cccs2)n1. The van der Waals surface area contributed by atoms with E-state index in [1.165, 1.54) is 0 Å². The minimum atomic E-state index is 0.101. The highest BCUT2D eigenvalue weighted by molar-refractivity contribution is 7.13. The van der Waals surface area contributed by atoms with Gasteiger partial charge >= 0.3 is 0 Å². The van der Waals surface area contributed by atoms with Gasteiger partial charge in [-0.3, -0.25) is 4.90 Å². The molecular weight excluding hydrogens is 250 g/mol. The molecular formula is C12H15N3O2S. The summed E-state index contributed by atoms with van der Waals surface area (Å²) in [6.07, 6.45) is 1.79. The molecule has 0 saturated carbocycles. The van der Waals surface area contributed by atoms with Crippen molar-refractivity contribution in [2.45, 2.75) is 6.54 Å². The Balaban J connectivity index is 2.03. The highest BCUT2D eigenvalue weighted by atomic mass is 32.1. The fourth-order valence-electron chi connectivity index (χ4n) is 1.58. The van der Waals surface area contributed by atoms with Crippen LogP contribution >= 0.6 is 11.3 Å². The second-order valence-electron chi connectivity index (χ2n) is 3.74. The van der Waals surface area contributed by atoms with Gasteiger partial charge in [0.2, 0.25) is 0 Å². The van der Waals surface area contributed by atoms with Gasteiger partial charge in [0, 0.05) is 13.1 Å². The van der Waals surface area contributed by atoms with E-state index in [1.807, 2.05) is 22.4 Å². The molecule has 0 aliphatic rings. The predicted molar refractivity (Wildman–Crippen MR) is 70.2 cm³/mol. The van der Waals surface area contributed by atoms with Gasteiger partial charge in [-0.05, 0) is 11.4 Å². The maximum absolute atomic E-state index is 8.96. The zero-order valence-corrected chi connectivity index (χ0v) is 10.8. The lowest BCUT2D eigenvalue weighted by Gasteiger charge is -2.16. The van der Waals surface area contributed by atoms with Crippen molar-refractivity contribution in [3.8, 4) is 10.8 Å². The summed E-state index contributed by atoms with van der Waals surface area (Å²) < 4.78 is 5.20. The largest absolute Gasteiger partial charge is 0.395 e. The number of hydrogen-bond acceptors (Lipinski definition) is 6. The lowest BCUT2D eigenvalue weighted by Crippen LogP contribution is -2.27. The fourth-order valence-corrected chi connectivity index (χ4v) is 2.22. The van der Waals surface area contributed by atoms with Crippen LogP contribution in [0.3, 0.4) is 0 Å². The van der Waals surface area contributed by atoms with Gasteiger partial charge in [0.05, 0.1) is 18.0 Å². The summed E-state index contributed by atoms with van der Waals surface area (Å²) in [6, 6.07) is 3.89. The van der Waals surface area contributed by atoms with E-state index in [-0.39, 0.29) is 6.61 Å². The maximum atomic E-state index is 8.96. The van der Waals surface area contributed by atoms with Crippen LogP contribution in [-0.4, -0.2) is 39.8 Å². The molecule has 0 bridgehead atoms. The third-order valence-electron chi connectivity index (χ3n) is 2.37. The van der Waals surface area contributed by atoms with Gasteiger partial charge in [0.15, 0.2) is 5.82 Å². The van der Waals surface area contributed by atoms with Crippen molar-refractivity contribution < 1.29 is 9.63 Å². The molecule has 0 unspecified atom stereocenters. The Hall–Kier alpha value is -1.50. The third kappa shape index (κ3) is 3.25. The van der Waals surface area contributed by atoms with Crippen LogP contribution in [0.1, 0.15) is 5.82 Å². The average molecular weight is 265 g/mol. The third-order valence-corrected chi connectivity index (χ3v) is 3.23. The Morgan fingerprint density at radius 2 is 2.44 bits per heavy atom. The summed E-state index contributed by atoms with van der Waals surface area (Å²) in [6.45, 7) is 5.58. The van der Waals surface area contributed by atoms with E-state index < -0.39 is 0 Å². The molecule has 2 aromatic heterocycles. The normalized spacial score (nSPS) is 11.0. The minimum Gasteiger partial charge on any atom is -0.395 e. The molecule has 0 aliphatic carbocycles. The summed E-state index contributed by atoms with van der Waals surface area (Å²) in [4.78, 5) is 7.29. The Labute approximate surface area is 109 Å². The second-order valence-corrected chi connectivity index (χ2v) is 4.69. The average Bonchev–Trinajstić information content (AvgIpc) is 2.98. The summed E-state index contributed by atoms with van der Waals surface area (Å²) in [5.41, 5.74) is 0. The zero-order valence-electron chi connectivity index (χ0n) is 9.95. The van der Waals surface area contributed by atoms with Crippen molar-refractivity contribution in [1.29, 1.82) is 0 Å². The molecule has 2 heterocycles. The second kappa shape index (κ2) is 6.44.